The van der Waals surface area contributed by atoms with Gasteiger partial charge in [0, 0.05) is 58.5 Å². The number of carbonyl (C=O) groups is 5. The molecule has 3 fully saturated rings. The molecule has 4 aliphatic rings. The number of fused-ring (bicyclic) bond motifs is 3. The van der Waals surface area contributed by atoms with Crippen molar-refractivity contribution in [1.82, 2.24) is 4.90 Å². The first-order chi connectivity index (χ1) is 36.6. The van der Waals surface area contributed by atoms with E-state index in [4.69, 9.17) is 37.5 Å². The summed E-state index contributed by atoms with van der Waals surface area (Å²) in [4.78, 5) is 82.8. The fraction of sp³-hybridized carbons (Fsp3) is 0.776. The molecule has 444 valence electrons. The highest BCUT2D eigenvalue weighted by atomic mass is 31.2. The topological polar surface area (TPSA) is 240 Å². The van der Waals surface area contributed by atoms with Gasteiger partial charge in [-0.1, -0.05) is 71.1 Å². The minimum absolute atomic E-state index is 0.00303. The Hall–Kier alpha value is -3.30. The number of esters is 1. The maximum atomic E-state index is 14.6. The molecule has 3 N–H and O–H groups in total. The Morgan fingerprint density at radius 3 is 2.21 bits per heavy atom. The van der Waals surface area contributed by atoms with Crippen molar-refractivity contribution in [3.63, 3.8) is 0 Å². The third-order valence-electron chi connectivity index (χ3n) is 16.1. The maximum Gasteiger partial charge on any atom is 0.472 e. The fourth-order valence-electron chi connectivity index (χ4n) is 11.1. The van der Waals surface area contributed by atoms with Crippen LogP contribution < -0.4 is 0 Å². The van der Waals surface area contributed by atoms with Gasteiger partial charge in [0.05, 0.1) is 58.8 Å². The average molecular weight is 1120 g/mol. The Kier molecular flexibility index (Phi) is 26.9. The Balaban J connectivity index is 1.62. The van der Waals surface area contributed by atoms with Gasteiger partial charge < -0.3 is 52.9 Å². The largest absolute Gasteiger partial charge is 0.472 e. The number of allylic oxidation sites excluding steroid dienone is 6. The molecule has 1 saturated carbocycles. The van der Waals surface area contributed by atoms with Crippen LogP contribution in [0.3, 0.4) is 0 Å². The highest BCUT2D eigenvalue weighted by molar-refractivity contribution is 7.47. The van der Waals surface area contributed by atoms with E-state index in [2.05, 4.69) is 0 Å². The zero-order valence-electron chi connectivity index (χ0n) is 49.0. The van der Waals surface area contributed by atoms with Gasteiger partial charge in [-0.05, 0) is 107 Å². The van der Waals surface area contributed by atoms with Gasteiger partial charge in [-0.25, -0.2) is 9.36 Å². The second kappa shape index (κ2) is 31.2. The molecular weight excluding hydrogens is 1030 g/mol. The van der Waals surface area contributed by atoms with E-state index < -0.39 is 91.5 Å². The number of rotatable bonds is 15. The summed E-state index contributed by atoms with van der Waals surface area (Å²) in [6, 6.07) is -1.19. The molecule has 0 aromatic heterocycles. The van der Waals surface area contributed by atoms with Crippen LogP contribution in [0.15, 0.2) is 47.6 Å². The van der Waals surface area contributed by atoms with Crippen molar-refractivity contribution in [3.8, 4) is 0 Å². The number of cyclic esters (lactones) is 1. The number of Topliss-reactive ketones (excluding diaryl/α,β-unsaturated/α-hetero) is 3. The molecule has 0 aromatic rings. The first-order valence-corrected chi connectivity index (χ1v) is 29.7. The second-order valence-corrected chi connectivity index (χ2v) is 25.0. The molecule has 78 heavy (non-hydrogen) atoms. The van der Waals surface area contributed by atoms with Crippen LogP contribution in [0.2, 0.25) is 0 Å². The van der Waals surface area contributed by atoms with Crippen molar-refractivity contribution in [3.05, 3.63) is 47.6 Å². The minimum atomic E-state index is -4.28. The van der Waals surface area contributed by atoms with E-state index in [1.807, 2.05) is 72.3 Å². The molecule has 19 nitrogen and oxygen atoms in total. The van der Waals surface area contributed by atoms with Crippen LogP contribution in [0.1, 0.15) is 126 Å². The van der Waals surface area contributed by atoms with Crippen molar-refractivity contribution in [2.75, 3.05) is 75.4 Å². The Morgan fingerprint density at radius 1 is 0.833 bits per heavy atom. The van der Waals surface area contributed by atoms with E-state index in [9.17, 15) is 43.6 Å². The number of hydrogen-bond donors (Lipinski definition) is 3. The van der Waals surface area contributed by atoms with E-state index >= 15 is 0 Å². The predicted molar refractivity (Wildman–Crippen MR) is 293 cm³/mol. The van der Waals surface area contributed by atoms with E-state index in [-0.39, 0.29) is 74.8 Å². The summed E-state index contributed by atoms with van der Waals surface area (Å²) in [5.74, 6) is -8.39. The number of likely N-dealkylation sites (N-methyl/N-ethyl adjacent to an activating group) is 1. The summed E-state index contributed by atoms with van der Waals surface area (Å²) in [7, 11) is 6.07. The number of amides is 1. The number of ketones is 3. The van der Waals surface area contributed by atoms with Gasteiger partial charge in [0.15, 0.2) is 5.78 Å². The Morgan fingerprint density at radius 2 is 1.54 bits per heavy atom. The normalized spacial score (nSPS) is 36.1. The monoisotopic (exact) mass is 1120 g/mol. The molecule has 1 unspecified atom stereocenters. The van der Waals surface area contributed by atoms with Crippen LogP contribution in [0.4, 0.5) is 0 Å². The summed E-state index contributed by atoms with van der Waals surface area (Å²) < 4.78 is 59.2. The molecule has 4 rings (SSSR count). The number of hydrogen-bond acceptors (Lipinski definition) is 16. The lowest BCUT2D eigenvalue weighted by atomic mass is 9.78. The number of piperidine rings is 1. The van der Waals surface area contributed by atoms with Gasteiger partial charge in [-0.3, -0.25) is 28.2 Å². The zero-order valence-corrected chi connectivity index (χ0v) is 49.9. The summed E-state index contributed by atoms with van der Waals surface area (Å²) in [6.07, 6.45) is 10.9. The van der Waals surface area contributed by atoms with Crippen LogP contribution in [-0.4, -0.2) is 184 Å². The van der Waals surface area contributed by atoms with Crippen molar-refractivity contribution < 1.29 is 85.6 Å². The van der Waals surface area contributed by atoms with Gasteiger partial charge in [-0.2, -0.15) is 0 Å². The van der Waals surface area contributed by atoms with Crippen molar-refractivity contribution in [1.29, 1.82) is 0 Å². The van der Waals surface area contributed by atoms with Gasteiger partial charge in [0.1, 0.15) is 43.3 Å². The summed E-state index contributed by atoms with van der Waals surface area (Å²) in [6.45, 7) is 13.1. The predicted octanol–water partition coefficient (Wildman–Crippen LogP) is 7.04. The molecule has 1 aliphatic carbocycles. The highest BCUT2D eigenvalue weighted by Gasteiger charge is 2.53. The lowest BCUT2D eigenvalue weighted by Gasteiger charge is -2.42. The smallest absolute Gasteiger partial charge is 0.460 e. The molecule has 3 heterocycles. The Labute approximate surface area is 464 Å². The number of nitrogens with zero attached hydrogens (tertiary/aromatic N) is 2. The number of aliphatic hydroxyl groups excluding tert-OH is 1. The number of phosphoric acid groups is 1. The lowest BCUT2D eigenvalue weighted by molar-refractivity contribution is -0.870. The molecular formula is C58H96N2O17P+. The van der Waals surface area contributed by atoms with Crippen LogP contribution in [0.5, 0.6) is 0 Å². The molecule has 16 atom stereocenters. The number of ether oxygens (including phenoxy) is 6. The quantitative estimate of drug-likeness (QED) is 0.0372. The van der Waals surface area contributed by atoms with Crippen molar-refractivity contribution >= 4 is 37.0 Å². The number of phosphoric ester groups is 1. The number of methoxy groups -OCH3 is 3. The van der Waals surface area contributed by atoms with Gasteiger partial charge in [0.2, 0.25) is 5.79 Å². The summed E-state index contributed by atoms with van der Waals surface area (Å²) in [5, 5.41) is 23.6. The lowest BCUT2D eigenvalue weighted by Crippen LogP contribution is -2.61. The maximum absolute atomic E-state index is 14.6. The van der Waals surface area contributed by atoms with E-state index in [1.54, 1.807) is 48.0 Å². The molecule has 0 aromatic carbocycles. The third-order valence-corrected chi connectivity index (χ3v) is 17.2. The Bertz CT molecular complexity index is 2160. The van der Waals surface area contributed by atoms with E-state index in [0.29, 0.717) is 80.8 Å². The average Bonchev–Trinajstić information content (AvgIpc) is 3.38. The minimum Gasteiger partial charge on any atom is -0.460 e. The molecule has 1 amide bonds. The summed E-state index contributed by atoms with van der Waals surface area (Å²) >= 11 is 0. The molecule has 20 heteroatoms. The van der Waals surface area contributed by atoms with Crippen LogP contribution in [0.25, 0.3) is 0 Å². The fourth-order valence-corrected chi connectivity index (χ4v) is 11.8. The van der Waals surface area contributed by atoms with Crippen LogP contribution in [0, 0.1) is 35.5 Å². The first kappa shape index (κ1) is 67.2. The molecule has 3 aliphatic heterocycles. The standard InChI is InChI=1S/C58H95N2O17P/c1-37-19-15-14-16-20-38(2)49(70-11)35-45-24-22-43(7)58(67,77-45)55(64)56(65)59-26-18-17-21-46(59)57(66)76-50(36-47(61)39(3)32-42(6)53(63)54(72-13)52(62)41(5)31-37)40(4)33-44-23-25-48(51(34-44)71-12)73-29-30-75-78(68,69)74-28-27-60(8,9)10/h14-16,19-20,32,37,39-41,43-46,48-51,53-54,63,67H,17-18,21-31,33-36H2,1-13H3/p+1/b16-14+,19-15-,38-20?,42-32+/t37-,39-,40-,41-,43-,44+,45+,46+,48-,49-,50+,51-,53-,54+,58-/m1/s1. The van der Waals surface area contributed by atoms with Crippen LogP contribution in [-0.2, 0) is 66.0 Å². The first-order valence-electron chi connectivity index (χ1n) is 28.2. The number of aliphatic hydroxyl groups is 2. The molecule has 2 saturated heterocycles. The van der Waals surface area contributed by atoms with Crippen molar-refractivity contribution in [2.24, 2.45) is 35.5 Å². The van der Waals surface area contributed by atoms with Gasteiger partial charge in [0.25, 0.3) is 11.7 Å². The summed E-state index contributed by atoms with van der Waals surface area (Å²) in [5.41, 5.74) is 1.23. The van der Waals surface area contributed by atoms with Crippen molar-refractivity contribution in [2.45, 2.75) is 180 Å². The van der Waals surface area contributed by atoms with E-state index in [1.165, 1.54) is 12.0 Å². The van der Waals surface area contributed by atoms with E-state index in [0.717, 1.165) is 5.57 Å². The molecule has 0 spiro atoms. The molecule has 0 radical (unpaired) electrons. The highest BCUT2D eigenvalue weighted by Crippen LogP contribution is 2.43. The molecule has 2 bridgehead atoms. The van der Waals surface area contributed by atoms with Gasteiger partial charge >= 0.3 is 13.8 Å². The number of carbonyl (C=O) groups excluding carboxylic acids is 5. The van der Waals surface area contributed by atoms with Crippen LogP contribution >= 0.6 is 7.82 Å². The SMILES string of the molecule is CO[C@@H]1C[C@@H]2CC[C@@H](C)[C@@](O)(O2)C(=O)C(=O)N2CCCC[C@H]2C(=O)O[C@H]([C@H](C)C[C@@H]2CC[C@@H](OCCOP(=O)(O)OCC[N+](C)(C)C)[C@H](OC)C2)CC(=O)[C@H](C)/C=C(\C)[C@@H](O)[C@@H](OC)C(=O)[C@H](C)C[C@H](C)/C=C\C=C\C=C1C. The van der Waals surface area contributed by atoms with Gasteiger partial charge in [-0.15, -0.1) is 0 Å². The third kappa shape index (κ3) is 20.0. The zero-order chi connectivity index (χ0) is 58.1. The second-order valence-electron chi connectivity index (χ2n) is 23.6. The number of quaternary nitrogens is 1.